The number of methoxy groups -OCH3 is 1. The molecule has 0 aromatic heterocycles. The van der Waals surface area contributed by atoms with E-state index < -0.39 is 0 Å². The second-order valence-corrected chi connectivity index (χ2v) is 5.83. The Morgan fingerprint density at radius 1 is 0.947 bits per heavy atom. The monoisotopic (exact) mass is 276 g/mol. The molecule has 0 spiro atoms. The molecule has 1 saturated carbocycles. The molecule has 1 heteroatoms. The van der Waals surface area contributed by atoms with E-state index >= 15 is 0 Å². The zero-order chi connectivity index (χ0) is 13.7. The third-order valence-corrected chi connectivity index (χ3v) is 3.18. The van der Waals surface area contributed by atoms with Crippen LogP contribution in [-0.2, 0) is 4.74 Å². The Kier molecular flexibility index (Phi) is 29.2. The second-order valence-electron chi connectivity index (χ2n) is 5.83. The fourth-order valence-electron chi connectivity index (χ4n) is 1.31. The van der Waals surface area contributed by atoms with Crippen LogP contribution in [0.2, 0.25) is 0 Å². The molecule has 0 saturated heterocycles. The first-order valence-electron chi connectivity index (χ1n) is 7.46. The van der Waals surface area contributed by atoms with Crippen LogP contribution in [0, 0.1) is 11.8 Å². The number of hydrogen-bond donors (Lipinski definition) is 0. The summed E-state index contributed by atoms with van der Waals surface area (Å²) in [7, 11) is 1.70. The maximum atomic E-state index is 4.75. The van der Waals surface area contributed by atoms with Crippen molar-refractivity contribution in [3.8, 4) is 0 Å². The lowest BCUT2D eigenvalue weighted by Gasteiger charge is -2.15. The van der Waals surface area contributed by atoms with Crippen molar-refractivity contribution in [1.82, 2.24) is 0 Å². The molecule has 1 aliphatic carbocycles. The minimum Gasteiger partial charge on any atom is -0.382 e. The molecule has 0 atom stereocenters. The van der Waals surface area contributed by atoms with E-state index in [2.05, 4.69) is 27.7 Å². The lowest BCUT2D eigenvalue weighted by Crippen LogP contribution is -1.99. The molecule has 0 aromatic rings. The topological polar surface area (TPSA) is 9.23 Å². The van der Waals surface area contributed by atoms with Crippen molar-refractivity contribution >= 4 is 0 Å². The minimum absolute atomic E-state index is 0. The molecular formula is C18H44O. The molecule has 0 radical (unpaired) electrons. The molecule has 1 nitrogen and oxygen atoms in total. The maximum Gasteiger partial charge on any atom is 0.0515 e. The molecule has 1 fully saturated rings. The Labute approximate surface area is 125 Å². The number of rotatable bonds is 2. The van der Waals surface area contributed by atoms with Gasteiger partial charge in [-0.25, -0.2) is 0 Å². The maximum absolute atomic E-state index is 4.75. The van der Waals surface area contributed by atoms with Gasteiger partial charge in [-0.05, 0) is 25.7 Å². The van der Waals surface area contributed by atoms with Crippen LogP contribution in [0.1, 0.15) is 94.9 Å². The van der Waals surface area contributed by atoms with Gasteiger partial charge in [0.15, 0.2) is 0 Å². The highest BCUT2D eigenvalue weighted by Gasteiger charge is 2.05. The van der Waals surface area contributed by atoms with E-state index in [0.29, 0.717) is 6.10 Å². The van der Waals surface area contributed by atoms with Crippen LogP contribution in [0.3, 0.4) is 0 Å². The van der Waals surface area contributed by atoms with Gasteiger partial charge in [0.1, 0.15) is 0 Å². The smallest absolute Gasteiger partial charge is 0.0515 e. The summed E-state index contributed by atoms with van der Waals surface area (Å²) in [4.78, 5) is 0. The van der Waals surface area contributed by atoms with Gasteiger partial charge in [0, 0.05) is 7.11 Å². The Morgan fingerprint density at radius 2 is 1.26 bits per heavy atom. The van der Waals surface area contributed by atoms with Crippen LogP contribution in [0.4, 0.5) is 0 Å². The summed E-state index contributed by atoms with van der Waals surface area (Å²) in [5.41, 5.74) is 0. The molecule has 0 bridgehead atoms. The second kappa shape index (κ2) is 20.3. The first kappa shape index (κ1) is 27.3. The Balaban J connectivity index is -0.0000000866. The van der Waals surface area contributed by atoms with E-state index in [1.807, 2.05) is 13.8 Å². The quantitative estimate of drug-likeness (QED) is 0.530. The van der Waals surface area contributed by atoms with Gasteiger partial charge in [-0.1, -0.05) is 81.1 Å². The van der Waals surface area contributed by atoms with Crippen molar-refractivity contribution in [2.75, 3.05) is 7.11 Å². The van der Waals surface area contributed by atoms with Gasteiger partial charge in [-0.3, -0.25) is 0 Å². The lowest BCUT2D eigenvalue weighted by atomic mass is 9.91. The van der Waals surface area contributed by atoms with E-state index in [0.717, 1.165) is 11.8 Å². The van der Waals surface area contributed by atoms with Gasteiger partial charge in [0.2, 0.25) is 0 Å². The molecular weight excluding hydrogens is 232 g/mol. The standard InChI is InChI=1S/C7H14.C5H12.C4H10O.2CH4/c1-7-5-3-2-4-6-7;1-4-5(2)3;1-4(2)5-3;;/h7H,2-6H2,1H3;5H,4H2,1-3H3;4H,1-3H3;2*1H4. The van der Waals surface area contributed by atoms with Gasteiger partial charge < -0.3 is 4.74 Å². The van der Waals surface area contributed by atoms with E-state index in [1.165, 1.54) is 38.5 Å². The Morgan fingerprint density at radius 3 is 1.37 bits per heavy atom. The Hall–Kier alpha value is -0.0400. The zero-order valence-electron chi connectivity index (χ0n) is 13.4. The fraction of sp³-hybridized carbons (Fsp3) is 1.00. The summed E-state index contributed by atoms with van der Waals surface area (Å²) in [6, 6.07) is 0. The highest BCUT2D eigenvalue weighted by atomic mass is 16.5. The first-order valence-corrected chi connectivity index (χ1v) is 7.46. The average Bonchev–Trinajstić information content (AvgIpc) is 2.31. The third kappa shape index (κ3) is 32.0. The number of hydrogen-bond acceptors (Lipinski definition) is 1. The van der Waals surface area contributed by atoms with Gasteiger partial charge >= 0.3 is 0 Å². The summed E-state index contributed by atoms with van der Waals surface area (Å²) in [5.74, 6) is 1.92. The van der Waals surface area contributed by atoms with Crippen molar-refractivity contribution in [1.29, 1.82) is 0 Å². The molecule has 0 aromatic carbocycles. The van der Waals surface area contributed by atoms with Crippen LogP contribution >= 0.6 is 0 Å². The normalized spacial score (nSPS) is 14.4. The minimum atomic E-state index is 0. The molecule has 0 unspecified atom stereocenters. The molecule has 1 rings (SSSR count). The van der Waals surface area contributed by atoms with Gasteiger partial charge in [-0.15, -0.1) is 0 Å². The molecule has 122 valence electrons. The molecule has 19 heavy (non-hydrogen) atoms. The molecule has 0 aliphatic heterocycles. The molecule has 0 amide bonds. The average molecular weight is 277 g/mol. The predicted octanol–water partition coefficient (Wildman–Crippen LogP) is 6.95. The van der Waals surface area contributed by atoms with Crippen molar-refractivity contribution in [3.63, 3.8) is 0 Å². The van der Waals surface area contributed by atoms with Crippen LogP contribution < -0.4 is 0 Å². The largest absolute Gasteiger partial charge is 0.382 e. The van der Waals surface area contributed by atoms with Crippen molar-refractivity contribution in [3.05, 3.63) is 0 Å². The van der Waals surface area contributed by atoms with Crippen LogP contribution in [0.5, 0.6) is 0 Å². The summed E-state index contributed by atoms with van der Waals surface area (Å²) < 4.78 is 4.75. The summed E-state index contributed by atoms with van der Waals surface area (Å²) in [5, 5.41) is 0. The summed E-state index contributed by atoms with van der Waals surface area (Å²) in [6.45, 7) is 13.0. The van der Waals surface area contributed by atoms with Crippen molar-refractivity contribution in [2.24, 2.45) is 11.8 Å². The van der Waals surface area contributed by atoms with Crippen molar-refractivity contribution in [2.45, 2.75) is 101 Å². The Bertz CT molecular complexity index is 116. The highest BCUT2D eigenvalue weighted by molar-refractivity contribution is 4.59. The zero-order valence-corrected chi connectivity index (χ0v) is 13.4. The van der Waals surface area contributed by atoms with Crippen LogP contribution in [0.25, 0.3) is 0 Å². The third-order valence-electron chi connectivity index (χ3n) is 3.18. The van der Waals surface area contributed by atoms with E-state index in [1.54, 1.807) is 7.11 Å². The molecule has 1 aliphatic rings. The SMILES string of the molecule is C.C.CC1CCCCC1.CCC(C)C.COC(C)C. The number of ether oxygens (including phenoxy) is 1. The van der Waals surface area contributed by atoms with Crippen molar-refractivity contribution < 1.29 is 4.74 Å². The molecule has 0 heterocycles. The van der Waals surface area contributed by atoms with E-state index in [-0.39, 0.29) is 14.9 Å². The summed E-state index contributed by atoms with van der Waals surface area (Å²) in [6.07, 6.45) is 9.13. The fourth-order valence-corrected chi connectivity index (χ4v) is 1.31. The summed E-state index contributed by atoms with van der Waals surface area (Å²) >= 11 is 0. The van der Waals surface area contributed by atoms with Gasteiger partial charge in [-0.2, -0.15) is 0 Å². The van der Waals surface area contributed by atoms with E-state index in [4.69, 9.17) is 4.74 Å². The van der Waals surface area contributed by atoms with Gasteiger partial charge in [0.05, 0.1) is 6.10 Å². The predicted molar refractivity (Wildman–Crippen MR) is 93.0 cm³/mol. The van der Waals surface area contributed by atoms with Crippen LogP contribution in [0.15, 0.2) is 0 Å². The lowest BCUT2D eigenvalue weighted by molar-refractivity contribution is 0.134. The van der Waals surface area contributed by atoms with E-state index in [9.17, 15) is 0 Å². The first-order chi connectivity index (χ1) is 7.93. The highest BCUT2D eigenvalue weighted by Crippen LogP contribution is 2.22. The van der Waals surface area contributed by atoms with Crippen LogP contribution in [-0.4, -0.2) is 13.2 Å². The van der Waals surface area contributed by atoms with Gasteiger partial charge in [0.25, 0.3) is 0 Å². The molecule has 0 N–H and O–H groups in total.